The van der Waals surface area contributed by atoms with Gasteiger partial charge < -0.3 is 5.73 Å². The number of benzene rings is 1. The Morgan fingerprint density at radius 2 is 1.47 bits per heavy atom. The molecule has 0 aromatic heterocycles. The molecule has 0 spiro atoms. The molecule has 0 amide bonds. The van der Waals surface area contributed by atoms with Crippen LogP contribution < -0.4 is 5.73 Å². The van der Waals surface area contributed by atoms with Crippen molar-refractivity contribution in [3.05, 3.63) is 46.5 Å². The Morgan fingerprint density at radius 1 is 0.882 bits per heavy atom. The Labute approximate surface area is 94.9 Å². The molecule has 2 bridgehead atoms. The van der Waals surface area contributed by atoms with E-state index in [0.717, 1.165) is 0 Å². The molecule has 0 fully saturated rings. The number of rotatable bonds is 0. The normalized spacial score (nSPS) is 29.6. The molecule has 1 aromatic rings. The zero-order chi connectivity index (χ0) is 12.3. The maximum absolute atomic E-state index is 13.7. The summed E-state index contributed by atoms with van der Waals surface area (Å²) < 4.78 is 53.8. The first-order chi connectivity index (χ1) is 8.02. The van der Waals surface area contributed by atoms with Gasteiger partial charge in [0.25, 0.3) is 0 Å². The number of halogens is 4. The van der Waals surface area contributed by atoms with E-state index in [4.69, 9.17) is 0 Å². The largest absolute Gasteiger partial charge is 0.354 e. The van der Waals surface area contributed by atoms with Crippen LogP contribution in [0, 0.1) is 23.3 Å². The summed E-state index contributed by atoms with van der Waals surface area (Å²) in [7, 11) is 0. The Kier molecular flexibility index (Phi) is 2.10. The molecule has 0 saturated heterocycles. The van der Waals surface area contributed by atoms with Gasteiger partial charge in [-0.2, -0.15) is 0 Å². The first-order valence-corrected chi connectivity index (χ1v) is 5.39. The molecule has 1 aromatic carbocycles. The highest BCUT2D eigenvalue weighted by atomic mass is 19.2. The molecule has 5 heteroatoms. The lowest BCUT2D eigenvalue weighted by atomic mass is 9.68. The smallest absolute Gasteiger partial charge is 0.197 e. The Hall–Kier alpha value is -1.36. The van der Waals surface area contributed by atoms with Crippen molar-refractivity contribution >= 4 is 0 Å². The van der Waals surface area contributed by atoms with E-state index in [-0.39, 0.29) is 17.2 Å². The van der Waals surface area contributed by atoms with Crippen LogP contribution in [0.3, 0.4) is 0 Å². The summed E-state index contributed by atoms with van der Waals surface area (Å²) in [5.41, 5.74) is 3.76. The van der Waals surface area contributed by atoms with Gasteiger partial charge >= 0.3 is 0 Å². The lowest BCUT2D eigenvalue weighted by Gasteiger charge is -2.36. The molecule has 3 aliphatic rings. The second-order valence-electron chi connectivity index (χ2n) is 4.60. The molecule has 3 aliphatic carbocycles. The molecule has 3 N–H and O–H groups in total. The van der Waals surface area contributed by atoms with Gasteiger partial charge in [0.1, 0.15) is 0 Å². The quantitative estimate of drug-likeness (QED) is 0.313. The van der Waals surface area contributed by atoms with Crippen LogP contribution in [0.2, 0.25) is 0 Å². The summed E-state index contributed by atoms with van der Waals surface area (Å²) in [6.45, 7) is 0. The summed E-state index contributed by atoms with van der Waals surface area (Å²) >= 11 is 0. The zero-order valence-electron chi connectivity index (χ0n) is 8.81. The van der Waals surface area contributed by atoms with E-state index >= 15 is 0 Å². The SMILES string of the molecule is [NH3+][C@@H]1C[C@H]2C=C[C@@H]1c1c(F)c(F)c(F)c(F)c12. The average Bonchev–Trinajstić information content (AvgIpc) is 2.33. The van der Waals surface area contributed by atoms with E-state index < -0.39 is 35.1 Å². The molecule has 1 nitrogen and oxygen atoms in total. The number of allylic oxidation sites excluding steroid dienone is 1. The maximum atomic E-state index is 13.7. The molecule has 0 heterocycles. The van der Waals surface area contributed by atoms with Crippen LogP contribution in [0.15, 0.2) is 12.2 Å². The fraction of sp³-hybridized carbons (Fsp3) is 0.333. The standard InChI is InChI=1S/C12H9F4N/c13-9-7-4-1-2-5(6(17)3-4)8(7)10(14)12(16)11(9)15/h1-2,4-6H,3,17H2/p+1/t4-,5+,6-/m1/s1. The van der Waals surface area contributed by atoms with Crippen molar-refractivity contribution in [1.29, 1.82) is 0 Å². The maximum Gasteiger partial charge on any atom is 0.197 e. The third-order valence-corrected chi connectivity index (χ3v) is 3.66. The van der Waals surface area contributed by atoms with Gasteiger partial charge in [-0.15, -0.1) is 0 Å². The van der Waals surface area contributed by atoms with Crippen LogP contribution in [-0.4, -0.2) is 6.04 Å². The molecule has 0 aliphatic heterocycles. The van der Waals surface area contributed by atoms with Crippen molar-refractivity contribution < 1.29 is 23.3 Å². The Balaban J connectivity index is 2.36. The molecule has 0 radical (unpaired) electrons. The highest BCUT2D eigenvalue weighted by Gasteiger charge is 2.43. The van der Waals surface area contributed by atoms with Gasteiger partial charge in [-0.05, 0) is 0 Å². The summed E-state index contributed by atoms with van der Waals surface area (Å²) in [5, 5.41) is 0. The minimum atomic E-state index is -1.73. The highest BCUT2D eigenvalue weighted by Crippen LogP contribution is 2.47. The first kappa shape index (κ1) is 10.8. The van der Waals surface area contributed by atoms with Crippen LogP contribution in [0.4, 0.5) is 17.6 Å². The topological polar surface area (TPSA) is 27.6 Å². The second kappa shape index (κ2) is 3.32. The number of quaternary nitrogens is 1. The molecular formula is C12H10F4N+. The van der Waals surface area contributed by atoms with Gasteiger partial charge in [-0.25, -0.2) is 17.6 Å². The van der Waals surface area contributed by atoms with E-state index in [1.807, 2.05) is 0 Å². The predicted octanol–water partition coefficient (Wildman–Crippen LogP) is 1.99. The lowest BCUT2D eigenvalue weighted by Crippen LogP contribution is -2.65. The third kappa shape index (κ3) is 1.23. The van der Waals surface area contributed by atoms with Crippen LogP contribution in [0.25, 0.3) is 0 Å². The van der Waals surface area contributed by atoms with E-state index in [1.54, 1.807) is 12.2 Å². The van der Waals surface area contributed by atoms with E-state index in [0.29, 0.717) is 6.42 Å². The highest BCUT2D eigenvalue weighted by molar-refractivity contribution is 5.47. The second-order valence-corrected chi connectivity index (χ2v) is 4.60. The molecule has 17 heavy (non-hydrogen) atoms. The van der Waals surface area contributed by atoms with Crippen molar-refractivity contribution in [1.82, 2.24) is 0 Å². The Bertz CT molecular complexity index is 538. The van der Waals surface area contributed by atoms with Crippen LogP contribution in [0.1, 0.15) is 29.4 Å². The Morgan fingerprint density at radius 3 is 2.06 bits per heavy atom. The molecule has 0 unspecified atom stereocenters. The number of hydrogen-bond donors (Lipinski definition) is 1. The van der Waals surface area contributed by atoms with Crippen molar-refractivity contribution in [3.63, 3.8) is 0 Å². The minimum absolute atomic E-state index is 0.0335. The summed E-state index contributed by atoms with van der Waals surface area (Å²) in [5.74, 6) is -6.84. The van der Waals surface area contributed by atoms with Gasteiger partial charge in [0.2, 0.25) is 0 Å². The van der Waals surface area contributed by atoms with Crippen molar-refractivity contribution in [2.24, 2.45) is 0 Å². The lowest BCUT2D eigenvalue weighted by molar-refractivity contribution is -0.427. The molecule has 3 atom stereocenters. The van der Waals surface area contributed by atoms with E-state index in [1.165, 1.54) is 0 Å². The van der Waals surface area contributed by atoms with Gasteiger partial charge in [0.15, 0.2) is 23.3 Å². The third-order valence-electron chi connectivity index (χ3n) is 3.66. The number of fused-ring (bicyclic) bond motifs is 1. The van der Waals surface area contributed by atoms with Crippen LogP contribution in [-0.2, 0) is 0 Å². The zero-order valence-corrected chi connectivity index (χ0v) is 8.81. The van der Waals surface area contributed by atoms with E-state index in [2.05, 4.69) is 5.73 Å². The first-order valence-electron chi connectivity index (χ1n) is 5.39. The van der Waals surface area contributed by atoms with E-state index in [9.17, 15) is 17.6 Å². The van der Waals surface area contributed by atoms with Crippen molar-refractivity contribution in [2.45, 2.75) is 24.3 Å². The molecular weight excluding hydrogens is 234 g/mol. The van der Waals surface area contributed by atoms with Crippen LogP contribution >= 0.6 is 0 Å². The number of hydrogen-bond acceptors (Lipinski definition) is 0. The van der Waals surface area contributed by atoms with Gasteiger partial charge in [0.05, 0.1) is 12.0 Å². The van der Waals surface area contributed by atoms with Crippen molar-refractivity contribution in [2.75, 3.05) is 0 Å². The summed E-state index contributed by atoms with van der Waals surface area (Å²) in [4.78, 5) is 0. The molecule has 0 saturated carbocycles. The summed E-state index contributed by atoms with van der Waals surface area (Å²) in [6.07, 6.45) is 3.96. The molecule has 4 rings (SSSR count). The van der Waals surface area contributed by atoms with Crippen molar-refractivity contribution in [3.8, 4) is 0 Å². The predicted molar refractivity (Wildman–Crippen MR) is 52.2 cm³/mol. The van der Waals surface area contributed by atoms with Gasteiger partial charge in [-0.1, -0.05) is 12.2 Å². The van der Waals surface area contributed by atoms with Gasteiger partial charge in [0, 0.05) is 23.5 Å². The molecule has 90 valence electrons. The average molecular weight is 244 g/mol. The van der Waals surface area contributed by atoms with Gasteiger partial charge in [-0.3, -0.25) is 0 Å². The summed E-state index contributed by atoms with van der Waals surface area (Å²) in [6, 6.07) is -0.128. The fourth-order valence-corrected chi connectivity index (χ4v) is 2.86. The monoisotopic (exact) mass is 244 g/mol. The fourth-order valence-electron chi connectivity index (χ4n) is 2.86. The van der Waals surface area contributed by atoms with Crippen LogP contribution in [0.5, 0.6) is 0 Å². The minimum Gasteiger partial charge on any atom is -0.354 e.